The first kappa shape index (κ1) is 13.7. The largest absolute Gasteiger partial charge is 0.316 e. The minimum absolute atomic E-state index is 0.133. The molecule has 1 aromatic carbocycles. The maximum atomic E-state index is 13.5. The highest BCUT2D eigenvalue weighted by molar-refractivity contribution is 6.52. The highest BCUT2D eigenvalue weighted by atomic mass is 35.5. The molecule has 1 amide bonds. The van der Waals surface area contributed by atoms with Crippen molar-refractivity contribution >= 4 is 29.0 Å². The van der Waals surface area contributed by atoms with E-state index >= 15 is 0 Å². The zero-order valence-electron chi connectivity index (χ0n) is 10.3. The van der Waals surface area contributed by atoms with E-state index in [1.54, 1.807) is 7.05 Å². The Morgan fingerprint density at radius 3 is 2.79 bits per heavy atom. The van der Waals surface area contributed by atoms with E-state index < -0.39 is 17.5 Å². The lowest BCUT2D eigenvalue weighted by Crippen LogP contribution is -2.33. The lowest BCUT2D eigenvalue weighted by atomic mass is 10.1. The van der Waals surface area contributed by atoms with Gasteiger partial charge in [0, 0.05) is 13.1 Å². The summed E-state index contributed by atoms with van der Waals surface area (Å²) in [5.74, 6) is -2.02. The van der Waals surface area contributed by atoms with Gasteiger partial charge in [0.15, 0.2) is 0 Å². The average molecular weight is 283 g/mol. The first-order valence-corrected chi connectivity index (χ1v) is 6.00. The Morgan fingerprint density at radius 2 is 2.16 bits per heavy atom. The van der Waals surface area contributed by atoms with Crippen LogP contribution in [-0.4, -0.2) is 31.8 Å². The first-order chi connectivity index (χ1) is 8.95. The average Bonchev–Trinajstić information content (AvgIpc) is 2.56. The van der Waals surface area contributed by atoms with Crippen LogP contribution >= 0.6 is 11.6 Å². The van der Waals surface area contributed by atoms with E-state index in [1.165, 1.54) is 11.0 Å². The molecule has 2 rings (SSSR count). The molecule has 100 valence electrons. The highest BCUT2D eigenvalue weighted by Crippen LogP contribution is 2.33. The van der Waals surface area contributed by atoms with Gasteiger partial charge in [-0.25, -0.2) is 4.39 Å². The fraction of sp³-hybridized carbons (Fsp3) is 0.231. The molecule has 6 heteroatoms. The number of ketones is 1. The number of nitrogens with one attached hydrogen (secondary N) is 1. The molecule has 1 aromatic rings. The van der Waals surface area contributed by atoms with Crippen LogP contribution in [0.1, 0.15) is 10.4 Å². The molecule has 1 aliphatic rings. The second-order valence-corrected chi connectivity index (χ2v) is 4.69. The van der Waals surface area contributed by atoms with E-state index in [9.17, 15) is 14.0 Å². The van der Waals surface area contributed by atoms with E-state index in [0.717, 1.165) is 6.07 Å². The van der Waals surface area contributed by atoms with Gasteiger partial charge >= 0.3 is 0 Å². The van der Waals surface area contributed by atoms with E-state index in [2.05, 4.69) is 11.9 Å². The number of nitrogens with zero attached hydrogens (tertiary/aromatic N) is 1. The molecule has 19 heavy (non-hydrogen) atoms. The number of halogens is 2. The molecule has 0 spiro atoms. The van der Waals surface area contributed by atoms with Crippen molar-refractivity contribution in [3.05, 3.63) is 40.7 Å². The second-order valence-electron chi connectivity index (χ2n) is 4.28. The van der Waals surface area contributed by atoms with Crippen molar-refractivity contribution < 1.29 is 14.0 Å². The number of likely N-dealkylation sites (N-methyl/N-ethyl adjacent to an activating group) is 1. The highest BCUT2D eigenvalue weighted by Gasteiger charge is 2.36. The Balaban J connectivity index is 2.38. The Morgan fingerprint density at radius 1 is 1.47 bits per heavy atom. The van der Waals surface area contributed by atoms with Gasteiger partial charge in [-0.15, -0.1) is 0 Å². The van der Waals surface area contributed by atoms with Gasteiger partial charge in [0.25, 0.3) is 11.7 Å². The lowest BCUT2D eigenvalue weighted by molar-refractivity contribution is -0.114. The molecule has 0 radical (unpaired) electrons. The summed E-state index contributed by atoms with van der Waals surface area (Å²) in [7, 11) is 1.75. The Kier molecular flexibility index (Phi) is 3.68. The number of Topliss-reactive ketones (excluding diaryl/α,β-unsaturated/α-hetero) is 1. The summed E-state index contributed by atoms with van der Waals surface area (Å²) >= 11 is 5.62. The third kappa shape index (κ3) is 2.39. The van der Waals surface area contributed by atoms with Crippen molar-refractivity contribution in [3.63, 3.8) is 0 Å². The van der Waals surface area contributed by atoms with Crippen LogP contribution < -0.4 is 10.2 Å². The Labute approximate surface area is 114 Å². The van der Waals surface area contributed by atoms with Crippen LogP contribution in [0.3, 0.4) is 0 Å². The van der Waals surface area contributed by atoms with Crippen LogP contribution in [0.2, 0.25) is 5.02 Å². The van der Waals surface area contributed by atoms with Crippen LogP contribution in [0, 0.1) is 5.82 Å². The van der Waals surface area contributed by atoms with Crippen molar-refractivity contribution in [1.29, 1.82) is 0 Å². The predicted octanol–water partition coefficient (Wildman–Crippen LogP) is 1.78. The number of amides is 1. The molecule has 1 N–H and O–H groups in total. The van der Waals surface area contributed by atoms with E-state index in [4.69, 9.17) is 11.6 Å². The molecule has 1 aliphatic heterocycles. The minimum atomic E-state index is -0.686. The van der Waals surface area contributed by atoms with Gasteiger partial charge in [0.2, 0.25) is 0 Å². The predicted molar refractivity (Wildman–Crippen MR) is 71.2 cm³/mol. The topological polar surface area (TPSA) is 49.4 Å². The van der Waals surface area contributed by atoms with Gasteiger partial charge < -0.3 is 10.2 Å². The Bertz CT molecular complexity index is 586. The summed E-state index contributed by atoms with van der Waals surface area (Å²) in [5.41, 5.74) is 1.09. The number of hydrogen-bond donors (Lipinski definition) is 1. The van der Waals surface area contributed by atoms with Crippen molar-refractivity contribution in [3.8, 4) is 0 Å². The number of rotatable bonds is 4. The smallest absolute Gasteiger partial charge is 0.299 e. The van der Waals surface area contributed by atoms with Gasteiger partial charge in [0.05, 0.1) is 16.3 Å². The summed E-state index contributed by atoms with van der Waals surface area (Å²) < 4.78 is 13.5. The van der Waals surface area contributed by atoms with Crippen LogP contribution in [-0.2, 0) is 4.79 Å². The molecular formula is C13H12ClFN2O2. The van der Waals surface area contributed by atoms with Gasteiger partial charge in [-0.1, -0.05) is 18.2 Å². The molecule has 0 aromatic heterocycles. The van der Waals surface area contributed by atoms with Crippen LogP contribution in [0.25, 0.3) is 0 Å². The van der Waals surface area contributed by atoms with Crippen molar-refractivity contribution in [2.45, 2.75) is 0 Å². The van der Waals surface area contributed by atoms with E-state index in [-0.39, 0.29) is 22.8 Å². The fourth-order valence-electron chi connectivity index (χ4n) is 1.98. The third-order valence-electron chi connectivity index (χ3n) is 2.82. The zero-order valence-corrected chi connectivity index (χ0v) is 11.1. The molecule has 0 saturated heterocycles. The van der Waals surface area contributed by atoms with Gasteiger partial charge in [-0.3, -0.25) is 9.59 Å². The van der Waals surface area contributed by atoms with E-state index in [1.807, 2.05) is 0 Å². The number of hydrogen-bond acceptors (Lipinski definition) is 3. The number of fused-ring (bicyclic) bond motifs is 1. The monoisotopic (exact) mass is 282 g/mol. The normalized spacial score (nSPS) is 13.9. The van der Waals surface area contributed by atoms with Gasteiger partial charge in [-0.2, -0.15) is 0 Å². The van der Waals surface area contributed by atoms with Gasteiger partial charge in [-0.05, 0) is 24.8 Å². The quantitative estimate of drug-likeness (QED) is 0.676. The molecule has 0 fully saturated rings. The summed E-state index contributed by atoms with van der Waals surface area (Å²) in [4.78, 5) is 24.9. The zero-order chi connectivity index (χ0) is 14.2. The van der Waals surface area contributed by atoms with Crippen molar-refractivity contribution in [2.75, 3.05) is 25.0 Å². The number of carbonyl (C=O) groups is 2. The van der Waals surface area contributed by atoms with E-state index in [0.29, 0.717) is 12.1 Å². The maximum Gasteiger partial charge on any atom is 0.299 e. The maximum absolute atomic E-state index is 13.5. The molecule has 0 saturated carbocycles. The lowest BCUT2D eigenvalue weighted by Gasteiger charge is -2.18. The second kappa shape index (κ2) is 5.11. The SMILES string of the molecule is C=C(CNC)CN1C(=O)C(=O)c2cc(Cl)c(F)cc21. The number of carbonyl (C=O) groups excluding carboxylic acids is 2. The number of anilines is 1. The molecule has 0 bridgehead atoms. The van der Waals surface area contributed by atoms with Crippen LogP contribution in [0.15, 0.2) is 24.3 Å². The molecular weight excluding hydrogens is 271 g/mol. The summed E-state index contributed by atoms with van der Waals surface area (Å²) in [6.45, 7) is 4.46. The third-order valence-corrected chi connectivity index (χ3v) is 3.11. The summed E-state index contributed by atoms with van der Waals surface area (Å²) in [5, 5.41) is 2.72. The minimum Gasteiger partial charge on any atom is -0.316 e. The Hall–Kier alpha value is -1.72. The standard InChI is InChI=1S/C13H12ClFN2O2/c1-7(5-16-2)6-17-11-4-10(15)9(14)3-8(11)12(18)13(17)19/h3-4,16H,1,5-6H2,2H3. The number of benzene rings is 1. The summed E-state index contributed by atoms with van der Waals surface area (Å²) in [6, 6.07) is 2.29. The van der Waals surface area contributed by atoms with Crippen molar-refractivity contribution in [1.82, 2.24) is 5.32 Å². The molecule has 0 atom stereocenters. The van der Waals surface area contributed by atoms with Crippen LogP contribution in [0.5, 0.6) is 0 Å². The van der Waals surface area contributed by atoms with Crippen LogP contribution in [0.4, 0.5) is 10.1 Å². The summed E-state index contributed by atoms with van der Waals surface area (Å²) in [6.07, 6.45) is 0. The van der Waals surface area contributed by atoms with Crippen molar-refractivity contribution in [2.24, 2.45) is 0 Å². The molecule has 4 nitrogen and oxygen atoms in total. The molecule has 0 aliphatic carbocycles. The first-order valence-electron chi connectivity index (χ1n) is 5.62. The fourth-order valence-corrected chi connectivity index (χ4v) is 2.14. The molecule has 0 unspecified atom stereocenters. The molecule has 1 heterocycles. The van der Waals surface area contributed by atoms with Gasteiger partial charge in [0.1, 0.15) is 5.82 Å².